The first kappa shape index (κ1) is 20.9. The molecule has 0 aromatic heterocycles. The molecule has 0 radical (unpaired) electrons. The quantitative estimate of drug-likeness (QED) is 0.577. The zero-order valence-corrected chi connectivity index (χ0v) is 17.9. The monoisotopic (exact) mass is 428 g/mol. The Morgan fingerprint density at radius 3 is 2.38 bits per heavy atom. The normalized spacial score (nSPS) is 11.2. The summed E-state index contributed by atoms with van der Waals surface area (Å²) in [5.74, 6) is -0.414. The number of rotatable bonds is 5. The molecule has 0 atom stereocenters. The third kappa shape index (κ3) is 4.78. The van der Waals surface area contributed by atoms with Gasteiger partial charge in [0, 0.05) is 16.9 Å². The van der Waals surface area contributed by atoms with Gasteiger partial charge in [-0.3, -0.25) is 9.52 Å². The Kier molecular flexibility index (Phi) is 5.96. The summed E-state index contributed by atoms with van der Waals surface area (Å²) < 4.78 is 28.2. The van der Waals surface area contributed by atoms with Crippen LogP contribution in [0.4, 0.5) is 11.4 Å². The maximum atomic E-state index is 12.8. The van der Waals surface area contributed by atoms with Crippen molar-refractivity contribution in [2.24, 2.45) is 0 Å². The molecular formula is C22H21ClN2O3S. The third-order valence-electron chi connectivity index (χ3n) is 4.61. The van der Waals surface area contributed by atoms with Gasteiger partial charge in [-0.2, -0.15) is 0 Å². The fourth-order valence-corrected chi connectivity index (χ4v) is 4.43. The number of aryl methyl sites for hydroxylation is 2. The van der Waals surface area contributed by atoms with E-state index < -0.39 is 15.9 Å². The summed E-state index contributed by atoms with van der Waals surface area (Å²) >= 11 is 6.14. The van der Waals surface area contributed by atoms with Gasteiger partial charge in [0.25, 0.3) is 15.9 Å². The molecule has 150 valence electrons. The van der Waals surface area contributed by atoms with Crippen LogP contribution in [-0.4, -0.2) is 14.3 Å². The second kappa shape index (κ2) is 8.27. The van der Waals surface area contributed by atoms with E-state index in [0.717, 1.165) is 16.7 Å². The summed E-state index contributed by atoms with van der Waals surface area (Å²) in [6.45, 7) is 5.73. The molecule has 0 spiro atoms. The van der Waals surface area contributed by atoms with Gasteiger partial charge in [-0.15, -0.1) is 0 Å². The average Bonchev–Trinajstić information content (AvgIpc) is 2.65. The SMILES string of the molecule is Cc1cccc(NS(=O)(=O)c2cc(C(=O)Nc3cccc(C)c3C)ccc2Cl)c1. The molecule has 2 N–H and O–H groups in total. The summed E-state index contributed by atoms with van der Waals surface area (Å²) in [5.41, 5.74) is 4.20. The molecule has 0 saturated carbocycles. The molecule has 5 nitrogen and oxygen atoms in total. The molecule has 0 aliphatic carbocycles. The Hall–Kier alpha value is -2.83. The van der Waals surface area contributed by atoms with Crippen LogP contribution in [0.2, 0.25) is 5.02 Å². The zero-order chi connectivity index (χ0) is 21.2. The number of hydrogen-bond donors (Lipinski definition) is 2. The van der Waals surface area contributed by atoms with Crippen LogP contribution in [0.15, 0.2) is 65.6 Å². The Morgan fingerprint density at radius 2 is 1.66 bits per heavy atom. The fraction of sp³-hybridized carbons (Fsp3) is 0.136. The van der Waals surface area contributed by atoms with Crippen LogP contribution < -0.4 is 10.0 Å². The fourth-order valence-electron chi connectivity index (χ4n) is 2.85. The van der Waals surface area contributed by atoms with Crippen LogP contribution in [0, 0.1) is 20.8 Å². The van der Waals surface area contributed by atoms with Gasteiger partial charge in [0.15, 0.2) is 0 Å². The first-order valence-electron chi connectivity index (χ1n) is 8.94. The molecular weight excluding hydrogens is 408 g/mol. The highest BCUT2D eigenvalue weighted by atomic mass is 35.5. The predicted octanol–water partition coefficient (Wildman–Crippen LogP) is 5.32. The summed E-state index contributed by atoms with van der Waals surface area (Å²) in [7, 11) is -3.97. The van der Waals surface area contributed by atoms with Crippen LogP contribution in [-0.2, 0) is 10.0 Å². The number of nitrogens with one attached hydrogen (secondary N) is 2. The molecule has 0 saturated heterocycles. The van der Waals surface area contributed by atoms with E-state index in [1.807, 2.05) is 39.0 Å². The van der Waals surface area contributed by atoms with Gasteiger partial charge in [0.05, 0.1) is 5.02 Å². The van der Waals surface area contributed by atoms with Crippen molar-refractivity contribution < 1.29 is 13.2 Å². The van der Waals surface area contributed by atoms with Gasteiger partial charge in [0.2, 0.25) is 0 Å². The molecule has 29 heavy (non-hydrogen) atoms. The van der Waals surface area contributed by atoms with E-state index in [9.17, 15) is 13.2 Å². The Morgan fingerprint density at radius 1 is 0.931 bits per heavy atom. The summed E-state index contributed by atoms with van der Waals surface area (Å²) in [6, 6.07) is 16.8. The van der Waals surface area contributed by atoms with Crippen molar-refractivity contribution >= 4 is 38.9 Å². The average molecular weight is 429 g/mol. The molecule has 1 amide bonds. The molecule has 3 aromatic carbocycles. The van der Waals surface area contributed by atoms with Crippen molar-refractivity contribution in [2.45, 2.75) is 25.7 Å². The van der Waals surface area contributed by atoms with E-state index in [0.29, 0.717) is 11.4 Å². The van der Waals surface area contributed by atoms with Crippen LogP contribution in [0.1, 0.15) is 27.0 Å². The number of benzene rings is 3. The van der Waals surface area contributed by atoms with E-state index in [4.69, 9.17) is 11.6 Å². The van der Waals surface area contributed by atoms with E-state index in [-0.39, 0.29) is 15.5 Å². The minimum absolute atomic E-state index is 0.0356. The van der Waals surface area contributed by atoms with E-state index in [1.165, 1.54) is 18.2 Å². The second-order valence-corrected chi connectivity index (χ2v) is 8.88. The van der Waals surface area contributed by atoms with E-state index >= 15 is 0 Å². The van der Waals surface area contributed by atoms with Crippen molar-refractivity contribution in [3.05, 3.63) is 87.9 Å². The number of sulfonamides is 1. The van der Waals surface area contributed by atoms with Gasteiger partial charge in [-0.25, -0.2) is 8.42 Å². The summed E-state index contributed by atoms with van der Waals surface area (Å²) in [5, 5.41) is 2.86. The zero-order valence-electron chi connectivity index (χ0n) is 16.3. The molecule has 0 bridgehead atoms. The molecule has 0 unspecified atom stereocenters. The number of amides is 1. The smallest absolute Gasteiger partial charge is 0.263 e. The van der Waals surface area contributed by atoms with Gasteiger partial charge < -0.3 is 5.32 Å². The second-order valence-electron chi connectivity index (χ2n) is 6.82. The number of anilines is 2. The molecule has 0 fully saturated rings. The molecule has 0 heterocycles. The topological polar surface area (TPSA) is 75.3 Å². The van der Waals surface area contributed by atoms with Gasteiger partial charge >= 0.3 is 0 Å². The van der Waals surface area contributed by atoms with Crippen molar-refractivity contribution in [1.29, 1.82) is 0 Å². The van der Waals surface area contributed by atoms with Crippen LogP contribution in [0.25, 0.3) is 0 Å². The van der Waals surface area contributed by atoms with Crippen LogP contribution >= 0.6 is 11.6 Å². The lowest BCUT2D eigenvalue weighted by Crippen LogP contribution is -2.17. The highest BCUT2D eigenvalue weighted by molar-refractivity contribution is 7.92. The first-order chi connectivity index (χ1) is 13.7. The van der Waals surface area contributed by atoms with Crippen molar-refractivity contribution in [3.63, 3.8) is 0 Å². The van der Waals surface area contributed by atoms with Gasteiger partial charge in [-0.05, 0) is 73.9 Å². The molecule has 0 aliphatic heterocycles. The largest absolute Gasteiger partial charge is 0.322 e. The summed E-state index contributed by atoms with van der Waals surface area (Å²) in [6.07, 6.45) is 0. The minimum atomic E-state index is -3.97. The Bertz CT molecular complexity index is 1190. The molecule has 3 rings (SSSR count). The van der Waals surface area contributed by atoms with E-state index in [2.05, 4.69) is 10.0 Å². The van der Waals surface area contributed by atoms with Gasteiger partial charge in [-0.1, -0.05) is 35.9 Å². The summed E-state index contributed by atoms with van der Waals surface area (Å²) in [4.78, 5) is 12.5. The number of carbonyl (C=O) groups excluding carboxylic acids is 1. The maximum Gasteiger partial charge on any atom is 0.263 e. The number of carbonyl (C=O) groups is 1. The van der Waals surface area contributed by atoms with Crippen molar-refractivity contribution in [1.82, 2.24) is 0 Å². The first-order valence-corrected chi connectivity index (χ1v) is 10.8. The standard InChI is InChI=1S/C22H21ClN2O3S/c1-14-6-4-8-18(12-14)25-29(27,28)21-13-17(10-11-19(21)23)22(26)24-20-9-5-7-15(2)16(20)3/h4-13,25H,1-3H3,(H,24,26). The van der Waals surface area contributed by atoms with Crippen molar-refractivity contribution in [2.75, 3.05) is 10.0 Å². The Balaban J connectivity index is 1.91. The minimum Gasteiger partial charge on any atom is -0.322 e. The lowest BCUT2D eigenvalue weighted by Gasteiger charge is -2.13. The van der Waals surface area contributed by atoms with Crippen LogP contribution in [0.3, 0.4) is 0 Å². The highest BCUT2D eigenvalue weighted by Crippen LogP contribution is 2.26. The van der Waals surface area contributed by atoms with E-state index in [1.54, 1.807) is 24.3 Å². The highest BCUT2D eigenvalue weighted by Gasteiger charge is 2.21. The number of halogens is 1. The lowest BCUT2D eigenvalue weighted by molar-refractivity contribution is 0.102. The predicted molar refractivity (Wildman–Crippen MR) is 117 cm³/mol. The number of hydrogen-bond acceptors (Lipinski definition) is 3. The molecule has 7 heteroatoms. The van der Waals surface area contributed by atoms with Crippen LogP contribution in [0.5, 0.6) is 0 Å². The van der Waals surface area contributed by atoms with Gasteiger partial charge in [0.1, 0.15) is 4.90 Å². The third-order valence-corrected chi connectivity index (χ3v) is 6.47. The Labute approximate surface area is 175 Å². The molecule has 0 aliphatic rings. The lowest BCUT2D eigenvalue weighted by atomic mass is 10.1. The maximum absolute atomic E-state index is 12.8. The van der Waals surface area contributed by atoms with Crippen molar-refractivity contribution in [3.8, 4) is 0 Å². The molecule has 3 aromatic rings.